The van der Waals surface area contributed by atoms with Crippen LogP contribution in [-0.2, 0) is 4.79 Å². The maximum atomic E-state index is 12.7. The van der Waals surface area contributed by atoms with Crippen molar-refractivity contribution in [3.05, 3.63) is 40.6 Å². The van der Waals surface area contributed by atoms with E-state index in [2.05, 4.69) is 27.0 Å². The summed E-state index contributed by atoms with van der Waals surface area (Å²) in [6.45, 7) is 3.17. The number of carbonyl (C=O) groups excluding carboxylic acids is 1. The van der Waals surface area contributed by atoms with Gasteiger partial charge in [-0.1, -0.05) is 0 Å². The highest BCUT2D eigenvalue weighted by Crippen LogP contribution is 2.36. The average Bonchev–Trinajstić information content (AvgIpc) is 3.32. The Bertz CT molecular complexity index is 732. The molecule has 24 heavy (non-hydrogen) atoms. The Labute approximate surface area is 145 Å². The van der Waals surface area contributed by atoms with Gasteiger partial charge in [-0.3, -0.25) is 9.69 Å². The van der Waals surface area contributed by atoms with Gasteiger partial charge in [-0.15, -0.1) is 0 Å². The SMILES string of the molecule is CC(C(=O)Nc1ccc2c(c1)OCO2)N1CCCC1c1ccsc1. The molecule has 2 aliphatic heterocycles. The highest BCUT2D eigenvalue weighted by molar-refractivity contribution is 7.07. The van der Waals surface area contributed by atoms with E-state index in [1.165, 1.54) is 5.56 Å². The molecular formula is C18H20N2O3S. The van der Waals surface area contributed by atoms with Gasteiger partial charge in [0.1, 0.15) is 0 Å². The standard InChI is InChI=1S/C18H20N2O3S/c1-12(20-7-2-3-15(20)13-6-8-24-10-13)18(21)19-14-4-5-16-17(9-14)23-11-22-16/h4-6,8-10,12,15H,2-3,7,11H2,1H3,(H,19,21). The van der Waals surface area contributed by atoms with Gasteiger partial charge in [0.05, 0.1) is 6.04 Å². The lowest BCUT2D eigenvalue weighted by atomic mass is 10.1. The largest absolute Gasteiger partial charge is 0.454 e. The second-order valence-corrected chi connectivity index (χ2v) is 6.97. The third-order valence-electron chi connectivity index (χ3n) is 4.74. The van der Waals surface area contributed by atoms with Crippen LogP contribution in [0, 0.1) is 0 Å². The molecule has 0 radical (unpaired) electrons. The normalized spacial score (nSPS) is 21.0. The predicted molar refractivity (Wildman–Crippen MR) is 93.7 cm³/mol. The minimum Gasteiger partial charge on any atom is -0.454 e. The molecular weight excluding hydrogens is 324 g/mol. The summed E-state index contributed by atoms with van der Waals surface area (Å²) in [6, 6.07) is 7.81. The second-order valence-electron chi connectivity index (χ2n) is 6.19. The van der Waals surface area contributed by atoms with Gasteiger partial charge in [0, 0.05) is 17.8 Å². The van der Waals surface area contributed by atoms with Gasteiger partial charge in [0.15, 0.2) is 11.5 Å². The van der Waals surface area contributed by atoms with Gasteiger partial charge in [-0.25, -0.2) is 0 Å². The van der Waals surface area contributed by atoms with E-state index in [-0.39, 0.29) is 18.7 Å². The average molecular weight is 344 g/mol. The van der Waals surface area contributed by atoms with Gasteiger partial charge < -0.3 is 14.8 Å². The first-order valence-corrected chi connectivity index (χ1v) is 9.15. The van der Waals surface area contributed by atoms with Crippen LogP contribution < -0.4 is 14.8 Å². The lowest BCUT2D eigenvalue weighted by Gasteiger charge is -2.29. The molecule has 1 amide bonds. The molecule has 1 N–H and O–H groups in total. The molecule has 2 aliphatic rings. The summed E-state index contributed by atoms with van der Waals surface area (Å²) in [5.41, 5.74) is 2.06. The molecule has 2 aromatic rings. The Morgan fingerprint density at radius 3 is 3.04 bits per heavy atom. The summed E-state index contributed by atoms with van der Waals surface area (Å²) >= 11 is 1.71. The molecule has 1 saturated heterocycles. The number of thiophene rings is 1. The fourth-order valence-electron chi connectivity index (χ4n) is 3.45. The van der Waals surface area contributed by atoms with Gasteiger partial charge in [-0.2, -0.15) is 11.3 Å². The molecule has 2 atom stereocenters. The summed E-state index contributed by atoms with van der Waals surface area (Å²) in [5.74, 6) is 1.41. The van der Waals surface area contributed by atoms with Crippen LogP contribution in [0.3, 0.4) is 0 Å². The summed E-state index contributed by atoms with van der Waals surface area (Å²) in [6.07, 6.45) is 2.24. The summed E-state index contributed by atoms with van der Waals surface area (Å²) in [5, 5.41) is 7.29. The lowest BCUT2D eigenvalue weighted by Crippen LogP contribution is -2.41. The van der Waals surface area contributed by atoms with Crippen LogP contribution in [0.5, 0.6) is 11.5 Å². The quantitative estimate of drug-likeness (QED) is 0.920. The van der Waals surface area contributed by atoms with E-state index in [4.69, 9.17) is 9.47 Å². The van der Waals surface area contributed by atoms with E-state index in [9.17, 15) is 4.79 Å². The van der Waals surface area contributed by atoms with Crippen molar-refractivity contribution in [3.8, 4) is 11.5 Å². The van der Waals surface area contributed by atoms with Crippen LogP contribution in [0.2, 0.25) is 0 Å². The van der Waals surface area contributed by atoms with Crippen molar-refractivity contribution in [3.63, 3.8) is 0 Å². The fourth-order valence-corrected chi connectivity index (χ4v) is 4.15. The number of nitrogens with zero attached hydrogens (tertiary/aromatic N) is 1. The van der Waals surface area contributed by atoms with Crippen molar-refractivity contribution in [1.82, 2.24) is 4.90 Å². The molecule has 0 spiro atoms. The Balaban J connectivity index is 1.46. The van der Waals surface area contributed by atoms with Crippen LogP contribution in [0.4, 0.5) is 5.69 Å². The Hall–Kier alpha value is -2.05. The number of anilines is 1. The van der Waals surface area contributed by atoms with Crippen LogP contribution in [-0.4, -0.2) is 30.2 Å². The van der Waals surface area contributed by atoms with E-state index in [1.54, 1.807) is 11.3 Å². The molecule has 0 aliphatic carbocycles. The second kappa shape index (κ2) is 6.45. The highest BCUT2D eigenvalue weighted by Gasteiger charge is 2.33. The highest BCUT2D eigenvalue weighted by atomic mass is 32.1. The maximum absolute atomic E-state index is 12.7. The molecule has 5 nitrogen and oxygen atoms in total. The number of ether oxygens (including phenoxy) is 2. The molecule has 0 saturated carbocycles. The minimum atomic E-state index is -0.178. The number of nitrogens with one attached hydrogen (secondary N) is 1. The molecule has 0 bridgehead atoms. The monoisotopic (exact) mass is 344 g/mol. The number of benzene rings is 1. The number of fused-ring (bicyclic) bond motifs is 1. The number of carbonyl (C=O) groups is 1. The topological polar surface area (TPSA) is 50.8 Å². The Morgan fingerprint density at radius 2 is 2.21 bits per heavy atom. The molecule has 1 aromatic carbocycles. The van der Waals surface area contributed by atoms with Crippen LogP contribution in [0.15, 0.2) is 35.0 Å². The van der Waals surface area contributed by atoms with Gasteiger partial charge in [-0.05, 0) is 60.8 Å². The summed E-state index contributed by atoms with van der Waals surface area (Å²) in [7, 11) is 0. The number of hydrogen-bond donors (Lipinski definition) is 1. The smallest absolute Gasteiger partial charge is 0.241 e. The van der Waals surface area contributed by atoms with E-state index in [1.807, 2.05) is 25.1 Å². The number of likely N-dealkylation sites (tertiary alicyclic amines) is 1. The first kappa shape index (κ1) is 15.5. The zero-order valence-electron chi connectivity index (χ0n) is 13.5. The van der Waals surface area contributed by atoms with Crippen molar-refractivity contribution in [2.75, 3.05) is 18.7 Å². The molecule has 3 heterocycles. The van der Waals surface area contributed by atoms with Crippen molar-refractivity contribution >= 4 is 22.9 Å². The summed E-state index contributed by atoms with van der Waals surface area (Å²) in [4.78, 5) is 15.0. The molecule has 1 aromatic heterocycles. The van der Waals surface area contributed by atoms with E-state index >= 15 is 0 Å². The van der Waals surface area contributed by atoms with Gasteiger partial charge in [0.25, 0.3) is 0 Å². The maximum Gasteiger partial charge on any atom is 0.241 e. The number of amides is 1. The van der Waals surface area contributed by atoms with Crippen LogP contribution in [0.1, 0.15) is 31.4 Å². The van der Waals surface area contributed by atoms with Gasteiger partial charge >= 0.3 is 0 Å². The molecule has 4 rings (SSSR count). The van der Waals surface area contributed by atoms with Crippen molar-refractivity contribution in [2.45, 2.75) is 31.8 Å². The number of rotatable bonds is 4. The zero-order chi connectivity index (χ0) is 16.5. The predicted octanol–water partition coefficient (Wildman–Crippen LogP) is 3.64. The zero-order valence-corrected chi connectivity index (χ0v) is 14.3. The van der Waals surface area contributed by atoms with Crippen molar-refractivity contribution in [1.29, 1.82) is 0 Å². The lowest BCUT2D eigenvalue weighted by molar-refractivity contribution is -0.121. The number of hydrogen-bond acceptors (Lipinski definition) is 5. The molecule has 1 fully saturated rings. The van der Waals surface area contributed by atoms with Gasteiger partial charge in [0.2, 0.25) is 12.7 Å². The fraction of sp³-hybridized carbons (Fsp3) is 0.389. The minimum absolute atomic E-state index is 0.0102. The van der Waals surface area contributed by atoms with E-state index in [0.29, 0.717) is 11.8 Å². The van der Waals surface area contributed by atoms with E-state index < -0.39 is 0 Å². The Morgan fingerprint density at radius 1 is 1.33 bits per heavy atom. The third kappa shape index (κ3) is 2.87. The van der Waals surface area contributed by atoms with Crippen molar-refractivity contribution < 1.29 is 14.3 Å². The molecule has 2 unspecified atom stereocenters. The van der Waals surface area contributed by atoms with E-state index in [0.717, 1.165) is 30.8 Å². The van der Waals surface area contributed by atoms with Crippen LogP contribution in [0.25, 0.3) is 0 Å². The Kier molecular flexibility index (Phi) is 4.16. The molecule has 126 valence electrons. The third-order valence-corrected chi connectivity index (χ3v) is 5.44. The first-order valence-electron chi connectivity index (χ1n) is 8.21. The summed E-state index contributed by atoms with van der Waals surface area (Å²) < 4.78 is 10.7. The van der Waals surface area contributed by atoms with Crippen molar-refractivity contribution in [2.24, 2.45) is 0 Å². The molecule has 6 heteroatoms. The first-order chi connectivity index (χ1) is 11.7. The van der Waals surface area contributed by atoms with Crippen LogP contribution >= 0.6 is 11.3 Å².